The van der Waals surface area contributed by atoms with Crippen molar-refractivity contribution in [2.75, 3.05) is 19.6 Å². The van der Waals surface area contributed by atoms with E-state index in [0.717, 1.165) is 25.7 Å². The lowest BCUT2D eigenvalue weighted by Crippen LogP contribution is -2.52. The Bertz CT molecular complexity index is 756. The number of carbonyl (C=O) groups excluding carboxylic acids is 1. The number of benzene rings is 1. The number of fused-ring (bicyclic) bond motifs is 1. The lowest BCUT2D eigenvalue weighted by molar-refractivity contribution is 0.0772. The van der Waals surface area contributed by atoms with Crippen LogP contribution in [-0.4, -0.2) is 49.2 Å². The Morgan fingerprint density at radius 1 is 1.07 bits per heavy atom. The van der Waals surface area contributed by atoms with Crippen LogP contribution in [0.3, 0.4) is 0 Å². The molecule has 3 rings (SSSR count). The number of hydrogen-bond donors (Lipinski definition) is 0. The zero-order valence-electron chi connectivity index (χ0n) is 16.7. The molecule has 5 nitrogen and oxygen atoms in total. The molecule has 0 N–H and O–H groups in total. The summed E-state index contributed by atoms with van der Waals surface area (Å²) in [7, 11) is -3.52. The van der Waals surface area contributed by atoms with Crippen molar-refractivity contribution in [3.8, 4) is 0 Å². The van der Waals surface area contributed by atoms with Gasteiger partial charge in [-0.3, -0.25) is 4.79 Å². The molecule has 0 bridgehead atoms. The minimum atomic E-state index is -3.52. The highest BCUT2D eigenvalue weighted by molar-refractivity contribution is 7.89. The molecular weight excluding hydrogens is 360 g/mol. The minimum Gasteiger partial charge on any atom is -0.339 e. The molecular formula is C21H32N2O3S. The Labute approximate surface area is 163 Å². The van der Waals surface area contributed by atoms with Gasteiger partial charge in [0.05, 0.1) is 4.90 Å². The number of piperidine rings is 1. The van der Waals surface area contributed by atoms with E-state index in [1.54, 1.807) is 33.5 Å². The van der Waals surface area contributed by atoms with Crippen molar-refractivity contribution in [2.24, 2.45) is 11.8 Å². The highest BCUT2D eigenvalue weighted by Crippen LogP contribution is 2.41. The van der Waals surface area contributed by atoms with Crippen LogP contribution in [0.15, 0.2) is 29.2 Å². The van der Waals surface area contributed by atoms with Gasteiger partial charge in [-0.1, -0.05) is 19.8 Å². The van der Waals surface area contributed by atoms with Crippen LogP contribution in [0.1, 0.15) is 63.2 Å². The first-order chi connectivity index (χ1) is 12.9. The second kappa shape index (κ2) is 8.31. The smallest absolute Gasteiger partial charge is 0.253 e. The largest absolute Gasteiger partial charge is 0.339 e. The van der Waals surface area contributed by atoms with Crippen LogP contribution in [0.4, 0.5) is 0 Å². The summed E-state index contributed by atoms with van der Waals surface area (Å²) in [6.07, 6.45) is 5.35. The molecule has 1 saturated carbocycles. The molecule has 1 aliphatic carbocycles. The quantitative estimate of drug-likeness (QED) is 0.767. The average Bonchev–Trinajstić information content (AvgIpc) is 2.69. The second-order valence-corrected chi connectivity index (χ2v) is 9.79. The fraction of sp³-hybridized carbons (Fsp3) is 0.667. The molecule has 1 saturated heterocycles. The number of amides is 1. The summed E-state index contributed by atoms with van der Waals surface area (Å²) in [5.74, 6) is 1.02. The Balaban J connectivity index is 1.83. The van der Waals surface area contributed by atoms with Gasteiger partial charge in [-0.05, 0) is 69.2 Å². The third-order valence-electron chi connectivity index (χ3n) is 6.45. The van der Waals surface area contributed by atoms with Crippen LogP contribution in [0.2, 0.25) is 0 Å². The van der Waals surface area contributed by atoms with Crippen molar-refractivity contribution in [3.05, 3.63) is 29.8 Å². The van der Waals surface area contributed by atoms with Gasteiger partial charge >= 0.3 is 0 Å². The Morgan fingerprint density at radius 3 is 2.33 bits per heavy atom. The molecule has 0 radical (unpaired) electrons. The van der Waals surface area contributed by atoms with Crippen molar-refractivity contribution in [1.29, 1.82) is 0 Å². The number of carbonyl (C=O) groups is 1. The van der Waals surface area contributed by atoms with Crippen molar-refractivity contribution < 1.29 is 13.2 Å². The SMILES string of the molecule is CCN(CC)C(=O)c1ccc(S(=O)(=O)N2CCC(C)C3CCCCC32)cc1. The maximum Gasteiger partial charge on any atom is 0.253 e. The normalized spacial score (nSPS) is 26.4. The zero-order valence-corrected chi connectivity index (χ0v) is 17.5. The average molecular weight is 393 g/mol. The molecule has 1 amide bonds. The van der Waals surface area contributed by atoms with Crippen molar-refractivity contribution in [1.82, 2.24) is 9.21 Å². The van der Waals surface area contributed by atoms with Crippen molar-refractivity contribution >= 4 is 15.9 Å². The van der Waals surface area contributed by atoms with E-state index in [9.17, 15) is 13.2 Å². The lowest BCUT2D eigenvalue weighted by atomic mass is 9.74. The molecule has 2 aliphatic rings. The first-order valence-electron chi connectivity index (χ1n) is 10.3. The summed E-state index contributed by atoms with van der Waals surface area (Å²) in [5.41, 5.74) is 0.542. The molecule has 1 aliphatic heterocycles. The van der Waals surface area contributed by atoms with Crippen LogP contribution < -0.4 is 0 Å². The van der Waals surface area contributed by atoms with Gasteiger partial charge in [-0.2, -0.15) is 4.31 Å². The number of nitrogens with zero attached hydrogens (tertiary/aromatic N) is 2. The van der Waals surface area contributed by atoms with Gasteiger partial charge in [-0.15, -0.1) is 0 Å². The summed E-state index contributed by atoms with van der Waals surface area (Å²) in [4.78, 5) is 14.5. The molecule has 0 aromatic heterocycles. The second-order valence-electron chi connectivity index (χ2n) is 7.90. The molecule has 6 heteroatoms. The monoisotopic (exact) mass is 392 g/mol. The number of rotatable bonds is 5. The highest BCUT2D eigenvalue weighted by atomic mass is 32.2. The molecule has 3 atom stereocenters. The maximum atomic E-state index is 13.3. The molecule has 150 valence electrons. The predicted octanol–water partition coefficient (Wildman–Crippen LogP) is 3.76. The van der Waals surface area contributed by atoms with E-state index in [0.29, 0.717) is 41.9 Å². The van der Waals surface area contributed by atoms with Gasteiger partial charge < -0.3 is 4.90 Å². The molecule has 1 aromatic rings. The number of hydrogen-bond acceptors (Lipinski definition) is 3. The fourth-order valence-corrected chi connectivity index (χ4v) is 6.48. The summed E-state index contributed by atoms with van der Waals surface area (Å²) in [5, 5.41) is 0. The van der Waals surface area contributed by atoms with Gasteiger partial charge in [0.1, 0.15) is 0 Å². The molecule has 2 fully saturated rings. The molecule has 3 unspecified atom stereocenters. The number of sulfonamides is 1. The van der Waals surface area contributed by atoms with Crippen LogP contribution in [0.5, 0.6) is 0 Å². The fourth-order valence-electron chi connectivity index (χ4n) is 4.77. The maximum absolute atomic E-state index is 13.3. The van der Waals surface area contributed by atoms with E-state index in [-0.39, 0.29) is 11.9 Å². The summed E-state index contributed by atoms with van der Waals surface area (Å²) >= 11 is 0. The summed E-state index contributed by atoms with van der Waals surface area (Å²) in [6.45, 7) is 8.04. The topological polar surface area (TPSA) is 57.7 Å². The third kappa shape index (κ3) is 3.92. The lowest BCUT2D eigenvalue weighted by Gasteiger charge is -2.46. The minimum absolute atomic E-state index is 0.0527. The van der Waals surface area contributed by atoms with Crippen LogP contribution in [0.25, 0.3) is 0 Å². The molecule has 0 spiro atoms. The van der Waals surface area contributed by atoms with Gasteiger partial charge in [0.15, 0.2) is 0 Å². The van der Waals surface area contributed by atoms with E-state index in [1.165, 1.54) is 6.42 Å². The van der Waals surface area contributed by atoms with Gasteiger partial charge in [0, 0.05) is 31.2 Å². The van der Waals surface area contributed by atoms with Crippen molar-refractivity contribution in [2.45, 2.75) is 63.8 Å². The summed E-state index contributed by atoms with van der Waals surface area (Å²) in [6, 6.07) is 6.63. The van der Waals surface area contributed by atoms with E-state index in [2.05, 4.69) is 6.92 Å². The standard InChI is InChI=1S/C21H32N2O3S/c1-4-22(5-2)21(24)17-10-12-18(13-11-17)27(25,26)23-15-14-16(3)19-8-6-7-9-20(19)23/h10-13,16,19-20H,4-9,14-15H2,1-3H3. The van der Waals surface area contributed by atoms with Crippen LogP contribution in [-0.2, 0) is 10.0 Å². The highest BCUT2D eigenvalue weighted by Gasteiger charge is 2.42. The molecule has 1 heterocycles. The third-order valence-corrected chi connectivity index (χ3v) is 8.38. The van der Waals surface area contributed by atoms with E-state index in [1.807, 2.05) is 13.8 Å². The van der Waals surface area contributed by atoms with Gasteiger partial charge in [-0.25, -0.2) is 8.42 Å². The van der Waals surface area contributed by atoms with Gasteiger partial charge in [0.25, 0.3) is 5.91 Å². The Morgan fingerprint density at radius 2 is 1.70 bits per heavy atom. The van der Waals surface area contributed by atoms with Crippen molar-refractivity contribution in [3.63, 3.8) is 0 Å². The van der Waals surface area contributed by atoms with E-state index < -0.39 is 10.0 Å². The molecule has 1 aromatic carbocycles. The molecule has 27 heavy (non-hydrogen) atoms. The first-order valence-corrected chi connectivity index (χ1v) is 11.7. The summed E-state index contributed by atoms with van der Waals surface area (Å²) < 4.78 is 28.4. The first kappa shape index (κ1) is 20.3. The Kier molecular flexibility index (Phi) is 6.26. The Hall–Kier alpha value is -1.40. The van der Waals surface area contributed by atoms with E-state index in [4.69, 9.17) is 0 Å². The predicted molar refractivity (Wildman–Crippen MR) is 107 cm³/mol. The van der Waals surface area contributed by atoms with Gasteiger partial charge in [0.2, 0.25) is 10.0 Å². The van der Waals surface area contributed by atoms with E-state index >= 15 is 0 Å². The zero-order chi connectivity index (χ0) is 19.6. The van der Waals surface area contributed by atoms with Crippen LogP contribution >= 0.6 is 0 Å². The van der Waals surface area contributed by atoms with Crippen LogP contribution in [0, 0.1) is 11.8 Å².